The molecule has 0 bridgehead atoms. The van der Waals surface area contributed by atoms with Crippen LogP contribution in [0.2, 0.25) is 0 Å². The van der Waals surface area contributed by atoms with Gasteiger partial charge >= 0.3 is 0 Å². The molecular formula is C13H18BrCl. The Kier molecular flexibility index (Phi) is 4.25. The monoisotopic (exact) mass is 288 g/mol. The van der Waals surface area contributed by atoms with Gasteiger partial charge in [0, 0.05) is 10.4 Å². The van der Waals surface area contributed by atoms with Crippen molar-refractivity contribution in [2.24, 2.45) is 0 Å². The third-order valence-electron chi connectivity index (χ3n) is 2.65. The molecule has 0 aromatic heterocycles. The molecule has 0 aliphatic rings. The van der Waals surface area contributed by atoms with Crippen molar-refractivity contribution in [2.75, 3.05) is 0 Å². The van der Waals surface area contributed by atoms with Gasteiger partial charge in [-0.05, 0) is 34.6 Å². The maximum absolute atomic E-state index is 5.98. The third-order valence-corrected chi connectivity index (χ3v) is 3.65. The molecule has 0 fully saturated rings. The van der Waals surface area contributed by atoms with E-state index >= 15 is 0 Å². The molecule has 15 heavy (non-hydrogen) atoms. The van der Waals surface area contributed by atoms with Gasteiger partial charge in [-0.2, -0.15) is 0 Å². The van der Waals surface area contributed by atoms with Gasteiger partial charge in [0.1, 0.15) is 0 Å². The van der Waals surface area contributed by atoms with Crippen LogP contribution in [0.25, 0.3) is 0 Å². The lowest BCUT2D eigenvalue weighted by Crippen LogP contribution is -2.12. The largest absolute Gasteiger partial charge is 0.122 e. The summed E-state index contributed by atoms with van der Waals surface area (Å²) < 4.78 is 1.19. The highest BCUT2D eigenvalue weighted by molar-refractivity contribution is 9.10. The fourth-order valence-corrected chi connectivity index (χ4v) is 2.66. The molecule has 2 heteroatoms. The molecule has 0 atom stereocenters. The molecule has 1 rings (SSSR count). The first-order chi connectivity index (χ1) is 6.90. The van der Waals surface area contributed by atoms with Gasteiger partial charge in [0.05, 0.1) is 0 Å². The van der Waals surface area contributed by atoms with Crippen LogP contribution in [0, 0.1) is 0 Å². The summed E-state index contributed by atoms with van der Waals surface area (Å²) in [5.41, 5.74) is 4.09. The number of alkyl halides is 1. The van der Waals surface area contributed by atoms with E-state index in [4.69, 9.17) is 11.6 Å². The summed E-state index contributed by atoms with van der Waals surface area (Å²) in [5, 5.41) is 0. The molecule has 0 spiro atoms. The average molecular weight is 290 g/mol. The van der Waals surface area contributed by atoms with E-state index in [0.29, 0.717) is 5.88 Å². The van der Waals surface area contributed by atoms with Crippen molar-refractivity contribution in [3.05, 3.63) is 33.3 Å². The zero-order valence-electron chi connectivity index (χ0n) is 9.82. The number of hydrogen-bond donors (Lipinski definition) is 0. The summed E-state index contributed by atoms with van der Waals surface area (Å²) in [6, 6.07) is 4.45. The van der Waals surface area contributed by atoms with Gasteiger partial charge in [-0.25, -0.2) is 0 Å². The number of hydrogen-bond acceptors (Lipinski definition) is 0. The Morgan fingerprint density at radius 3 is 2.27 bits per heavy atom. The Hall–Kier alpha value is -0.0100. The van der Waals surface area contributed by atoms with E-state index in [9.17, 15) is 0 Å². The van der Waals surface area contributed by atoms with E-state index in [1.807, 2.05) is 0 Å². The summed E-state index contributed by atoms with van der Waals surface area (Å²) in [4.78, 5) is 0. The van der Waals surface area contributed by atoms with Gasteiger partial charge in [0.2, 0.25) is 0 Å². The van der Waals surface area contributed by atoms with E-state index in [1.165, 1.54) is 21.2 Å². The molecule has 0 N–H and O–H groups in total. The van der Waals surface area contributed by atoms with Crippen molar-refractivity contribution in [3.63, 3.8) is 0 Å². The molecule has 1 aromatic carbocycles. The van der Waals surface area contributed by atoms with Crippen molar-refractivity contribution in [3.8, 4) is 0 Å². The van der Waals surface area contributed by atoms with Crippen LogP contribution in [-0.2, 0) is 17.7 Å². The molecule has 1 aromatic rings. The lowest BCUT2D eigenvalue weighted by Gasteiger charge is -2.22. The van der Waals surface area contributed by atoms with Crippen molar-refractivity contribution in [2.45, 2.75) is 45.4 Å². The van der Waals surface area contributed by atoms with Gasteiger partial charge in [-0.15, -0.1) is 11.6 Å². The summed E-state index contributed by atoms with van der Waals surface area (Å²) in [5.74, 6) is 0.589. The maximum atomic E-state index is 5.98. The summed E-state index contributed by atoms with van der Waals surface area (Å²) in [6.07, 6.45) is 1.02. The van der Waals surface area contributed by atoms with E-state index in [2.05, 4.69) is 55.8 Å². The van der Waals surface area contributed by atoms with Crippen molar-refractivity contribution in [1.29, 1.82) is 0 Å². The summed E-state index contributed by atoms with van der Waals surface area (Å²) in [7, 11) is 0. The van der Waals surface area contributed by atoms with Crippen LogP contribution in [0.5, 0.6) is 0 Å². The predicted octanol–water partition coefficient (Wildman–Crippen LogP) is 5.05. The zero-order valence-corrected chi connectivity index (χ0v) is 12.2. The van der Waals surface area contributed by atoms with Crippen molar-refractivity contribution < 1.29 is 0 Å². The van der Waals surface area contributed by atoms with Crippen molar-refractivity contribution >= 4 is 27.5 Å². The van der Waals surface area contributed by atoms with Gasteiger partial charge in [-0.3, -0.25) is 0 Å². The molecular weight excluding hydrogens is 272 g/mol. The number of rotatable bonds is 2. The lowest BCUT2D eigenvalue weighted by molar-refractivity contribution is 0.589. The topological polar surface area (TPSA) is 0 Å². The lowest BCUT2D eigenvalue weighted by atomic mass is 9.85. The third kappa shape index (κ3) is 2.98. The SMILES string of the molecule is CCc1c(Br)cc(C(C)(C)C)cc1CCl. The molecule has 0 aliphatic heterocycles. The highest BCUT2D eigenvalue weighted by Gasteiger charge is 2.17. The first-order valence-corrected chi connectivity index (χ1v) is 6.60. The molecule has 0 heterocycles. The van der Waals surface area contributed by atoms with Crippen molar-refractivity contribution in [1.82, 2.24) is 0 Å². The highest BCUT2D eigenvalue weighted by atomic mass is 79.9. The number of benzene rings is 1. The molecule has 0 saturated heterocycles. The summed E-state index contributed by atoms with van der Waals surface area (Å²) >= 11 is 9.62. The fraction of sp³-hybridized carbons (Fsp3) is 0.538. The van der Waals surface area contributed by atoms with Crippen LogP contribution >= 0.6 is 27.5 Å². The van der Waals surface area contributed by atoms with Crippen LogP contribution in [0.15, 0.2) is 16.6 Å². The van der Waals surface area contributed by atoms with E-state index in [-0.39, 0.29) is 5.41 Å². The van der Waals surface area contributed by atoms with E-state index < -0.39 is 0 Å². The minimum absolute atomic E-state index is 0.176. The molecule has 84 valence electrons. The molecule has 0 radical (unpaired) electrons. The Labute approximate surface area is 106 Å². The quantitative estimate of drug-likeness (QED) is 0.669. The molecule has 0 nitrogen and oxygen atoms in total. The molecule has 0 amide bonds. The Bertz CT molecular complexity index is 350. The van der Waals surface area contributed by atoms with Gasteiger partial charge in [0.25, 0.3) is 0 Å². The summed E-state index contributed by atoms with van der Waals surface area (Å²) in [6.45, 7) is 8.82. The second-order valence-electron chi connectivity index (χ2n) is 4.83. The Balaban J connectivity index is 3.32. The van der Waals surface area contributed by atoms with Crippen LogP contribution in [0.3, 0.4) is 0 Å². The Morgan fingerprint density at radius 2 is 1.87 bits per heavy atom. The van der Waals surface area contributed by atoms with Crippen LogP contribution < -0.4 is 0 Å². The van der Waals surface area contributed by atoms with Crippen LogP contribution in [-0.4, -0.2) is 0 Å². The second-order valence-corrected chi connectivity index (χ2v) is 5.95. The molecule has 0 aliphatic carbocycles. The van der Waals surface area contributed by atoms with E-state index in [0.717, 1.165) is 6.42 Å². The smallest absolute Gasteiger partial charge is 0.0477 e. The average Bonchev–Trinajstić information content (AvgIpc) is 2.15. The Morgan fingerprint density at radius 1 is 1.27 bits per heavy atom. The maximum Gasteiger partial charge on any atom is 0.0477 e. The predicted molar refractivity (Wildman–Crippen MR) is 71.8 cm³/mol. The highest BCUT2D eigenvalue weighted by Crippen LogP contribution is 2.31. The van der Waals surface area contributed by atoms with E-state index in [1.54, 1.807) is 0 Å². The molecule has 0 unspecified atom stereocenters. The first-order valence-electron chi connectivity index (χ1n) is 5.28. The van der Waals surface area contributed by atoms with Gasteiger partial charge in [0.15, 0.2) is 0 Å². The van der Waals surface area contributed by atoms with Gasteiger partial charge < -0.3 is 0 Å². The number of halogens is 2. The van der Waals surface area contributed by atoms with Crippen LogP contribution in [0.1, 0.15) is 44.4 Å². The standard InChI is InChI=1S/C13H18BrCl/c1-5-11-9(8-15)6-10(7-12(11)14)13(2,3)4/h6-7H,5,8H2,1-4H3. The zero-order chi connectivity index (χ0) is 11.6. The normalized spacial score (nSPS) is 11.9. The van der Waals surface area contributed by atoms with Gasteiger partial charge in [-0.1, -0.05) is 49.7 Å². The van der Waals surface area contributed by atoms with Crippen LogP contribution in [0.4, 0.5) is 0 Å². The minimum atomic E-state index is 0.176. The molecule has 0 saturated carbocycles. The first kappa shape index (κ1) is 13.1. The minimum Gasteiger partial charge on any atom is -0.122 e. The fourth-order valence-electron chi connectivity index (χ4n) is 1.64. The second kappa shape index (κ2) is 4.88.